The average Bonchev–Trinajstić information content (AvgIpc) is 3.15. The number of aromatic amines is 1. The third-order valence-corrected chi connectivity index (χ3v) is 4.56. The molecule has 0 aliphatic rings. The minimum atomic E-state index is -1.19. The first-order chi connectivity index (χ1) is 14.1. The Morgan fingerprint density at radius 3 is 2.52 bits per heavy atom. The van der Waals surface area contributed by atoms with Crippen LogP contribution in [0.2, 0.25) is 0 Å². The summed E-state index contributed by atoms with van der Waals surface area (Å²) in [6.45, 7) is 0. The van der Waals surface area contributed by atoms with Crippen molar-refractivity contribution in [2.24, 2.45) is 0 Å². The molecule has 0 saturated heterocycles. The van der Waals surface area contributed by atoms with Crippen LogP contribution in [0, 0.1) is 0 Å². The Bertz CT molecular complexity index is 997. The van der Waals surface area contributed by atoms with Crippen LogP contribution in [0.25, 0.3) is 10.9 Å². The van der Waals surface area contributed by atoms with Crippen LogP contribution in [0.4, 0.5) is 4.79 Å². The molecule has 0 radical (unpaired) electrons. The van der Waals surface area contributed by atoms with Gasteiger partial charge < -0.3 is 15.0 Å². The molecule has 7 nitrogen and oxygen atoms in total. The molecule has 0 bridgehead atoms. The smallest absolute Gasteiger partial charge is 0.321 e. The molecule has 1 aromatic heterocycles. The minimum absolute atomic E-state index is 0.163. The van der Waals surface area contributed by atoms with Gasteiger partial charge in [0.05, 0.1) is 0 Å². The molecule has 0 spiro atoms. The van der Waals surface area contributed by atoms with Gasteiger partial charge in [-0.15, -0.1) is 0 Å². The van der Waals surface area contributed by atoms with Gasteiger partial charge in [0.2, 0.25) is 6.10 Å². The summed E-state index contributed by atoms with van der Waals surface area (Å²) < 4.78 is 5.41. The monoisotopic (exact) mass is 393 g/mol. The summed E-state index contributed by atoms with van der Waals surface area (Å²) in [6, 6.07) is 15.9. The molecule has 0 fully saturated rings. The molecule has 29 heavy (non-hydrogen) atoms. The van der Waals surface area contributed by atoms with E-state index in [1.54, 1.807) is 30.3 Å². The number of H-pyrrole nitrogens is 1. The largest absolute Gasteiger partial charge is 0.447 e. The third-order valence-electron chi connectivity index (χ3n) is 4.56. The summed E-state index contributed by atoms with van der Waals surface area (Å²) in [6.07, 6.45) is 2.21. The van der Waals surface area contributed by atoms with E-state index < -0.39 is 24.0 Å². The Labute approximate surface area is 168 Å². The number of nitrogens with one attached hydrogen (secondary N) is 3. The Balaban J connectivity index is 1.60. The highest BCUT2D eigenvalue weighted by Crippen LogP contribution is 2.21. The number of imide groups is 1. The third kappa shape index (κ3) is 5.22. The predicted octanol–water partition coefficient (Wildman–Crippen LogP) is 3.23. The quantitative estimate of drug-likeness (QED) is 0.537. The van der Waals surface area contributed by atoms with Crippen molar-refractivity contribution in [2.45, 2.75) is 25.4 Å². The summed E-state index contributed by atoms with van der Waals surface area (Å²) in [5, 5.41) is 5.60. The van der Waals surface area contributed by atoms with Crippen molar-refractivity contribution in [1.29, 1.82) is 0 Å². The van der Waals surface area contributed by atoms with E-state index >= 15 is 0 Å². The molecular formula is C22H23N3O4. The number of aromatic nitrogens is 1. The summed E-state index contributed by atoms with van der Waals surface area (Å²) >= 11 is 0. The van der Waals surface area contributed by atoms with Crippen LogP contribution in [0.3, 0.4) is 0 Å². The van der Waals surface area contributed by atoms with Gasteiger partial charge in [0.25, 0.3) is 5.91 Å². The number of para-hydroxylation sites is 1. The van der Waals surface area contributed by atoms with Gasteiger partial charge in [-0.1, -0.05) is 48.5 Å². The number of carbonyl (C=O) groups is 3. The van der Waals surface area contributed by atoms with Crippen molar-refractivity contribution in [2.75, 3.05) is 7.05 Å². The molecule has 150 valence electrons. The molecule has 3 rings (SSSR count). The number of aryl methyl sites for hydroxylation is 1. The Kier molecular flexibility index (Phi) is 6.63. The topological polar surface area (TPSA) is 100 Å². The zero-order valence-corrected chi connectivity index (χ0v) is 16.1. The highest BCUT2D eigenvalue weighted by molar-refractivity contribution is 5.97. The predicted molar refractivity (Wildman–Crippen MR) is 109 cm³/mol. The fraction of sp³-hybridized carbons (Fsp3) is 0.227. The fourth-order valence-corrected chi connectivity index (χ4v) is 3.09. The maximum atomic E-state index is 12.4. The van der Waals surface area contributed by atoms with Gasteiger partial charge >= 0.3 is 12.0 Å². The van der Waals surface area contributed by atoms with E-state index in [9.17, 15) is 14.4 Å². The van der Waals surface area contributed by atoms with Crippen LogP contribution in [-0.4, -0.2) is 29.9 Å². The molecular weight excluding hydrogens is 370 g/mol. The number of hydrogen-bond donors (Lipinski definition) is 3. The number of urea groups is 1. The van der Waals surface area contributed by atoms with Crippen LogP contribution in [0.1, 0.15) is 30.1 Å². The van der Waals surface area contributed by atoms with Gasteiger partial charge in [0.1, 0.15) is 0 Å². The second-order valence-electron chi connectivity index (χ2n) is 6.56. The van der Waals surface area contributed by atoms with Gasteiger partial charge in [0.15, 0.2) is 0 Å². The molecule has 1 unspecified atom stereocenters. The van der Waals surface area contributed by atoms with Crippen molar-refractivity contribution in [3.05, 3.63) is 71.9 Å². The van der Waals surface area contributed by atoms with Crippen LogP contribution in [0.5, 0.6) is 0 Å². The number of rotatable bonds is 7. The number of esters is 1. The average molecular weight is 393 g/mol. The molecule has 2 aromatic carbocycles. The maximum absolute atomic E-state index is 12.4. The molecule has 0 saturated carbocycles. The van der Waals surface area contributed by atoms with Crippen molar-refractivity contribution >= 4 is 28.8 Å². The lowest BCUT2D eigenvalue weighted by Crippen LogP contribution is -2.41. The summed E-state index contributed by atoms with van der Waals surface area (Å²) in [5.74, 6) is -1.19. The summed E-state index contributed by atoms with van der Waals surface area (Å²) in [7, 11) is 1.40. The van der Waals surface area contributed by atoms with Crippen molar-refractivity contribution in [1.82, 2.24) is 15.6 Å². The second kappa shape index (κ2) is 9.54. The zero-order chi connectivity index (χ0) is 20.6. The van der Waals surface area contributed by atoms with Crippen molar-refractivity contribution in [3.63, 3.8) is 0 Å². The van der Waals surface area contributed by atoms with E-state index in [4.69, 9.17) is 4.74 Å². The SMILES string of the molecule is CNC(=O)NC(=O)C(OC(=O)CCCc1c[nH]c2ccccc12)c1ccccc1. The van der Waals surface area contributed by atoms with Crippen LogP contribution in [0.15, 0.2) is 60.8 Å². The van der Waals surface area contributed by atoms with Crippen LogP contribution >= 0.6 is 0 Å². The van der Waals surface area contributed by atoms with Crippen LogP contribution in [-0.2, 0) is 20.7 Å². The number of ether oxygens (including phenoxy) is 1. The Morgan fingerprint density at radius 1 is 1.03 bits per heavy atom. The number of fused-ring (bicyclic) bond motifs is 1. The highest BCUT2D eigenvalue weighted by atomic mass is 16.5. The molecule has 0 aliphatic heterocycles. The summed E-state index contributed by atoms with van der Waals surface area (Å²) in [5.41, 5.74) is 2.68. The highest BCUT2D eigenvalue weighted by Gasteiger charge is 2.26. The molecule has 1 heterocycles. The number of carbonyl (C=O) groups excluding carboxylic acids is 3. The number of amides is 3. The van der Waals surface area contributed by atoms with E-state index in [1.807, 2.05) is 30.5 Å². The van der Waals surface area contributed by atoms with Crippen molar-refractivity contribution < 1.29 is 19.1 Å². The molecule has 3 N–H and O–H groups in total. The van der Waals surface area contributed by atoms with Gasteiger partial charge in [-0.2, -0.15) is 0 Å². The van der Waals surface area contributed by atoms with Gasteiger partial charge in [-0.05, 0) is 24.5 Å². The minimum Gasteiger partial charge on any atom is -0.447 e. The van der Waals surface area contributed by atoms with E-state index in [1.165, 1.54) is 7.05 Å². The molecule has 0 aliphatic carbocycles. The van der Waals surface area contributed by atoms with Gasteiger partial charge in [-0.25, -0.2) is 4.79 Å². The first-order valence-corrected chi connectivity index (χ1v) is 9.40. The van der Waals surface area contributed by atoms with E-state index in [0.717, 1.165) is 16.5 Å². The maximum Gasteiger partial charge on any atom is 0.321 e. The molecule has 3 aromatic rings. The normalized spacial score (nSPS) is 11.6. The Hall–Kier alpha value is -3.61. The van der Waals surface area contributed by atoms with Gasteiger partial charge in [0, 0.05) is 36.1 Å². The number of hydrogen-bond acceptors (Lipinski definition) is 4. The first-order valence-electron chi connectivity index (χ1n) is 9.40. The molecule has 1 atom stereocenters. The second-order valence-corrected chi connectivity index (χ2v) is 6.56. The van der Waals surface area contributed by atoms with Crippen molar-refractivity contribution in [3.8, 4) is 0 Å². The number of benzene rings is 2. The molecule has 7 heteroatoms. The lowest BCUT2D eigenvalue weighted by atomic mass is 10.1. The van der Waals surface area contributed by atoms with Crippen LogP contribution < -0.4 is 10.6 Å². The molecule has 3 amide bonds. The van der Waals surface area contributed by atoms with E-state index in [0.29, 0.717) is 18.4 Å². The van der Waals surface area contributed by atoms with Gasteiger partial charge in [-0.3, -0.25) is 14.9 Å². The lowest BCUT2D eigenvalue weighted by Gasteiger charge is -2.17. The standard InChI is InChI=1S/C22H23N3O4/c1-23-22(28)25-21(27)20(15-8-3-2-4-9-15)29-19(26)13-7-10-16-14-24-18-12-6-5-11-17(16)18/h2-6,8-9,11-12,14,20,24H,7,10,13H2,1H3,(H2,23,25,27,28). The summed E-state index contributed by atoms with van der Waals surface area (Å²) in [4.78, 5) is 39.4. The van der Waals surface area contributed by atoms with E-state index in [-0.39, 0.29) is 6.42 Å². The first kappa shape index (κ1) is 20.1. The fourth-order valence-electron chi connectivity index (χ4n) is 3.09. The Morgan fingerprint density at radius 2 is 1.76 bits per heavy atom. The lowest BCUT2D eigenvalue weighted by molar-refractivity contribution is -0.156. The van der Waals surface area contributed by atoms with E-state index in [2.05, 4.69) is 15.6 Å². The zero-order valence-electron chi connectivity index (χ0n) is 16.1.